The molecule has 0 amide bonds. The highest BCUT2D eigenvalue weighted by Crippen LogP contribution is 2.38. The monoisotopic (exact) mass is 267 g/mol. The van der Waals surface area contributed by atoms with Crippen molar-refractivity contribution in [3.63, 3.8) is 0 Å². The molecule has 104 valence electrons. The molecule has 0 bridgehead atoms. The van der Waals surface area contributed by atoms with Crippen LogP contribution in [0.15, 0.2) is 47.5 Å². The zero-order valence-electron chi connectivity index (χ0n) is 12.5. The number of aromatic hydroxyl groups is 1. The van der Waals surface area contributed by atoms with Crippen LogP contribution in [0.25, 0.3) is 0 Å². The van der Waals surface area contributed by atoms with Crippen LogP contribution in [0.1, 0.15) is 36.1 Å². The van der Waals surface area contributed by atoms with Gasteiger partial charge in [-0.3, -0.25) is 4.99 Å². The van der Waals surface area contributed by atoms with Gasteiger partial charge < -0.3 is 5.11 Å². The van der Waals surface area contributed by atoms with Crippen molar-refractivity contribution in [2.45, 2.75) is 26.2 Å². The molecule has 0 fully saturated rings. The van der Waals surface area contributed by atoms with Crippen LogP contribution in [0.3, 0.4) is 0 Å². The zero-order valence-corrected chi connectivity index (χ0v) is 12.5. The van der Waals surface area contributed by atoms with E-state index in [0.717, 1.165) is 16.7 Å². The van der Waals surface area contributed by atoms with Gasteiger partial charge in [-0.05, 0) is 18.1 Å². The molecule has 0 aliphatic carbocycles. The minimum atomic E-state index is -0.255. The second-order valence-electron chi connectivity index (χ2n) is 5.57. The molecule has 2 rings (SSSR count). The van der Waals surface area contributed by atoms with Crippen molar-refractivity contribution in [1.29, 1.82) is 0 Å². The molecule has 0 atom stereocenters. The molecule has 0 heterocycles. The summed E-state index contributed by atoms with van der Waals surface area (Å²) in [4.78, 5) is 4.04. The number of rotatable bonds is 3. The van der Waals surface area contributed by atoms with Crippen LogP contribution in [0.4, 0.5) is 0 Å². The molecule has 0 radical (unpaired) electrons. The smallest absolute Gasteiger partial charge is 0.128 e. The number of aryl methyl sites for hydroxylation is 1. The van der Waals surface area contributed by atoms with Gasteiger partial charge in [0, 0.05) is 29.8 Å². The molecule has 0 aliphatic rings. The number of nitrogens with zero attached hydrogens (tertiary/aromatic N) is 1. The van der Waals surface area contributed by atoms with Crippen LogP contribution in [-0.4, -0.2) is 18.4 Å². The Balaban J connectivity index is 2.61. The SMILES string of the molecule is CN=Cc1c(C)ccc(C(C)(C)c2ccccc2)c1O. The van der Waals surface area contributed by atoms with Crippen molar-refractivity contribution in [2.24, 2.45) is 4.99 Å². The summed E-state index contributed by atoms with van der Waals surface area (Å²) in [5.41, 5.74) is 3.67. The van der Waals surface area contributed by atoms with Gasteiger partial charge in [0.15, 0.2) is 0 Å². The number of benzene rings is 2. The van der Waals surface area contributed by atoms with Gasteiger partial charge in [-0.2, -0.15) is 0 Å². The van der Waals surface area contributed by atoms with E-state index in [1.165, 1.54) is 5.56 Å². The topological polar surface area (TPSA) is 32.6 Å². The van der Waals surface area contributed by atoms with Gasteiger partial charge in [0.25, 0.3) is 0 Å². The van der Waals surface area contributed by atoms with Gasteiger partial charge in [-0.25, -0.2) is 0 Å². The van der Waals surface area contributed by atoms with Gasteiger partial charge >= 0.3 is 0 Å². The van der Waals surface area contributed by atoms with Crippen LogP contribution in [-0.2, 0) is 5.41 Å². The number of hydrogen-bond acceptors (Lipinski definition) is 2. The number of phenolic OH excluding ortho intramolecular Hbond substituents is 1. The highest BCUT2D eigenvalue weighted by Gasteiger charge is 2.27. The van der Waals surface area contributed by atoms with Crippen LogP contribution in [0.5, 0.6) is 5.75 Å². The third kappa shape index (κ3) is 2.46. The first-order chi connectivity index (χ1) is 9.48. The first-order valence-electron chi connectivity index (χ1n) is 6.79. The fraction of sp³-hybridized carbons (Fsp3) is 0.278. The minimum absolute atomic E-state index is 0.255. The molecule has 0 saturated heterocycles. The summed E-state index contributed by atoms with van der Waals surface area (Å²) in [7, 11) is 1.72. The second-order valence-corrected chi connectivity index (χ2v) is 5.57. The predicted molar refractivity (Wildman–Crippen MR) is 84.9 cm³/mol. The van der Waals surface area contributed by atoms with Crippen LogP contribution < -0.4 is 0 Å². The van der Waals surface area contributed by atoms with E-state index in [1.54, 1.807) is 13.3 Å². The summed E-state index contributed by atoms with van der Waals surface area (Å²) in [6.07, 6.45) is 1.72. The van der Waals surface area contributed by atoms with Gasteiger partial charge in [-0.15, -0.1) is 0 Å². The van der Waals surface area contributed by atoms with E-state index in [4.69, 9.17) is 0 Å². The third-order valence-corrected chi connectivity index (χ3v) is 3.86. The fourth-order valence-electron chi connectivity index (χ4n) is 2.52. The van der Waals surface area contributed by atoms with Gasteiger partial charge in [0.1, 0.15) is 5.75 Å². The first-order valence-corrected chi connectivity index (χ1v) is 6.79. The van der Waals surface area contributed by atoms with Crippen LogP contribution in [0.2, 0.25) is 0 Å². The minimum Gasteiger partial charge on any atom is -0.507 e. The summed E-state index contributed by atoms with van der Waals surface area (Å²) in [6.45, 7) is 6.23. The maximum Gasteiger partial charge on any atom is 0.128 e. The highest BCUT2D eigenvalue weighted by atomic mass is 16.3. The van der Waals surface area contributed by atoms with E-state index in [9.17, 15) is 5.11 Å². The molecule has 2 aromatic rings. The lowest BCUT2D eigenvalue weighted by Crippen LogP contribution is -2.19. The molecule has 0 unspecified atom stereocenters. The highest BCUT2D eigenvalue weighted by molar-refractivity contribution is 5.86. The molecular weight excluding hydrogens is 246 g/mol. The van der Waals surface area contributed by atoms with Crippen molar-refractivity contribution in [1.82, 2.24) is 0 Å². The largest absolute Gasteiger partial charge is 0.507 e. The van der Waals surface area contributed by atoms with E-state index in [2.05, 4.69) is 31.0 Å². The standard InChI is InChI=1S/C18H21NO/c1-13-10-11-16(17(20)15(13)12-19-4)18(2,3)14-8-6-5-7-9-14/h5-12,20H,1-4H3. The maximum atomic E-state index is 10.6. The molecule has 0 saturated carbocycles. The summed E-state index contributed by atoms with van der Waals surface area (Å²) in [5, 5.41) is 10.6. The zero-order chi connectivity index (χ0) is 14.8. The Morgan fingerprint density at radius 2 is 1.70 bits per heavy atom. The van der Waals surface area contributed by atoms with Crippen LogP contribution in [0, 0.1) is 6.92 Å². The molecular formula is C18H21NO. The molecule has 1 N–H and O–H groups in total. The predicted octanol–water partition coefficient (Wildman–Crippen LogP) is 4.08. The van der Waals surface area contributed by atoms with E-state index < -0.39 is 0 Å². The Morgan fingerprint density at radius 1 is 1.05 bits per heavy atom. The maximum absolute atomic E-state index is 10.6. The Hall–Kier alpha value is -2.09. The molecule has 0 aliphatic heterocycles. The Morgan fingerprint density at radius 3 is 2.30 bits per heavy atom. The summed E-state index contributed by atoms with van der Waals surface area (Å²) >= 11 is 0. The van der Waals surface area contributed by atoms with E-state index in [-0.39, 0.29) is 5.41 Å². The Bertz CT molecular complexity index is 627. The molecule has 0 spiro atoms. The van der Waals surface area contributed by atoms with Crippen molar-refractivity contribution in [3.05, 3.63) is 64.7 Å². The van der Waals surface area contributed by atoms with Gasteiger partial charge in [-0.1, -0.05) is 56.3 Å². The number of hydrogen-bond donors (Lipinski definition) is 1. The van der Waals surface area contributed by atoms with Crippen molar-refractivity contribution < 1.29 is 5.11 Å². The molecule has 2 aromatic carbocycles. The summed E-state index contributed by atoms with van der Waals surface area (Å²) in [6, 6.07) is 14.3. The van der Waals surface area contributed by atoms with Gasteiger partial charge in [0.2, 0.25) is 0 Å². The number of aliphatic imine (C=N–C) groups is 1. The van der Waals surface area contributed by atoms with E-state index >= 15 is 0 Å². The third-order valence-electron chi connectivity index (χ3n) is 3.86. The van der Waals surface area contributed by atoms with Crippen molar-refractivity contribution in [3.8, 4) is 5.75 Å². The van der Waals surface area contributed by atoms with Crippen molar-refractivity contribution in [2.75, 3.05) is 7.05 Å². The first kappa shape index (κ1) is 14.3. The molecule has 2 nitrogen and oxygen atoms in total. The Labute approximate surface area is 120 Å². The fourth-order valence-corrected chi connectivity index (χ4v) is 2.52. The van der Waals surface area contributed by atoms with Crippen LogP contribution >= 0.6 is 0 Å². The van der Waals surface area contributed by atoms with E-state index in [0.29, 0.717) is 5.75 Å². The molecule has 20 heavy (non-hydrogen) atoms. The summed E-state index contributed by atoms with van der Waals surface area (Å²) < 4.78 is 0. The Kier molecular flexibility index (Phi) is 3.93. The lowest BCUT2D eigenvalue weighted by molar-refractivity contribution is 0.452. The lowest BCUT2D eigenvalue weighted by Gasteiger charge is -2.28. The summed E-state index contributed by atoms with van der Waals surface area (Å²) in [5.74, 6) is 0.324. The number of phenols is 1. The van der Waals surface area contributed by atoms with Crippen molar-refractivity contribution >= 4 is 6.21 Å². The van der Waals surface area contributed by atoms with Gasteiger partial charge in [0.05, 0.1) is 0 Å². The average molecular weight is 267 g/mol. The molecule has 0 aromatic heterocycles. The average Bonchev–Trinajstić information content (AvgIpc) is 2.44. The lowest BCUT2D eigenvalue weighted by atomic mass is 9.76. The quantitative estimate of drug-likeness (QED) is 0.835. The van der Waals surface area contributed by atoms with E-state index in [1.807, 2.05) is 37.3 Å². The second kappa shape index (κ2) is 5.49. The normalized spacial score (nSPS) is 12.0. The molecule has 2 heteroatoms.